The molecule has 198 valence electrons. The van der Waals surface area contributed by atoms with Crippen molar-refractivity contribution in [2.24, 2.45) is 0 Å². The van der Waals surface area contributed by atoms with Gasteiger partial charge in [-0.25, -0.2) is 0 Å². The molecule has 1 atom stereocenters. The molecule has 0 spiro atoms. The Labute approximate surface area is 233 Å². The number of fused-ring (bicyclic) bond motifs is 2. The lowest BCUT2D eigenvalue weighted by molar-refractivity contribution is 0.201. The summed E-state index contributed by atoms with van der Waals surface area (Å²) < 4.78 is 0. The van der Waals surface area contributed by atoms with Gasteiger partial charge >= 0.3 is 0 Å². The van der Waals surface area contributed by atoms with Crippen LogP contribution >= 0.6 is 0 Å². The predicted molar refractivity (Wildman–Crippen MR) is 168 cm³/mol. The van der Waals surface area contributed by atoms with Crippen LogP contribution in [0.15, 0.2) is 72.8 Å². The minimum Gasteiger partial charge on any atom is -0.372 e. The number of nitrogens with zero attached hydrogens (tertiary/aromatic N) is 2. The highest BCUT2D eigenvalue weighted by atomic mass is 15.2. The third-order valence-electron chi connectivity index (χ3n) is 9.24. The predicted octanol–water partition coefficient (Wildman–Crippen LogP) is 7.29. The van der Waals surface area contributed by atoms with E-state index in [4.69, 9.17) is 0 Å². The fourth-order valence-electron chi connectivity index (χ4n) is 7.28. The standard InChI is InChI=1S/C37H40N2/c1-27-12-11-15-29(24-27)37-33-19-17-30(38-20-7-3-8-21-38)25-34(33)36(28-13-5-2-6-14-28)32-18-16-31(26-35(32)37)39-22-9-4-10-23-39/h2,5-6,11-15,17-19,24-26,31H,3-4,7-10,16,20-23H2,1H3. The molecule has 2 heteroatoms. The van der Waals surface area contributed by atoms with Crippen LogP contribution in [0.5, 0.6) is 0 Å². The van der Waals surface area contributed by atoms with E-state index in [2.05, 4.69) is 102 Å². The van der Waals surface area contributed by atoms with E-state index >= 15 is 0 Å². The number of benzene rings is 4. The summed E-state index contributed by atoms with van der Waals surface area (Å²) in [4.78, 5) is 5.33. The zero-order valence-corrected chi connectivity index (χ0v) is 23.3. The van der Waals surface area contributed by atoms with E-state index in [0.29, 0.717) is 6.04 Å². The molecular formula is C37H40N2. The van der Waals surface area contributed by atoms with E-state index in [0.717, 1.165) is 6.42 Å². The Morgan fingerprint density at radius 3 is 2.10 bits per heavy atom. The molecule has 0 radical (unpaired) electrons. The molecule has 0 bridgehead atoms. The summed E-state index contributed by atoms with van der Waals surface area (Å²) in [7, 11) is 0. The third kappa shape index (κ3) is 4.70. The van der Waals surface area contributed by atoms with Crippen LogP contribution in [0.25, 0.3) is 45.2 Å². The first-order chi connectivity index (χ1) is 19.3. The van der Waals surface area contributed by atoms with Gasteiger partial charge in [-0.1, -0.05) is 84.8 Å². The quantitative estimate of drug-likeness (QED) is 0.283. The Hall–Kier alpha value is -3.36. The zero-order chi connectivity index (χ0) is 26.2. The molecular weight excluding hydrogens is 472 g/mol. The second kappa shape index (κ2) is 10.7. The highest BCUT2D eigenvalue weighted by Crippen LogP contribution is 2.35. The van der Waals surface area contributed by atoms with Crippen LogP contribution in [-0.2, 0) is 0 Å². The molecule has 1 aliphatic carbocycles. The summed E-state index contributed by atoms with van der Waals surface area (Å²) in [5.41, 5.74) is 8.17. The Bertz CT molecular complexity index is 1610. The maximum absolute atomic E-state index is 2.73. The van der Waals surface area contributed by atoms with Crippen LogP contribution in [0.1, 0.15) is 50.5 Å². The Morgan fingerprint density at radius 1 is 0.615 bits per heavy atom. The molecule has 4 aromatic carbocycles. The monoisotopic (exact) mass is 512 g/mol. The fraction of sp³-hybridized carbons (Fsp3) is 0.351. The molecule has 2 heterocycles. The van der Waals surface area contributed by atoms with Crippen molar-refractivity contribution in [1.29, 1.82) is 0 Å². The van der Waals surface area contributed by atoms with E-state index in [1.165, 1.54) is 119 Å². The van der Waals surface area contributed by atoms with Crippen LogP contribution in [-0.4, -0.2) is 37.1 Å². The van der Waals surface area contributed by atoms with Gasteiger partial charge in [-0.3, -0.25) is 4.90 Å². The van der Waals surface area contributed by atoms with Gasteiger partial charge in [-0.15, -0.1) is 0 Å². The number of hydrogen-bond acceptors (Lipinski definition) is 2. The number of hydrogen-bond donors (Lipinski definition) is 0. The molecule has 2 aliphatic heterocycles. The third-order valence-corrected chi connectivity index (χ3v) is 9.24. The van der Waals surface area contributed by atoms with Gasteiger partial charge in [0.15, 0.2) is 0 Å². The van der Waals surface area contributed by atoms with Gasteiger partial charge in [0.2, 0.25) is 0 Å². The van der Waals surface area contributed by atoms with Gasteiger partial charge in [0.05, 0.1) is 0 Å². The first kappa shape index (κ1) is 24.7. The Kier molecular flexibility index (Phi) is 6.74. The molecule has 0 amide bonds. The highest BCUT2D eigenvalue weighted by molar-refractivity contribution is 6.07. The number of likely N-dealkylation sites (tertiary alicyclic amines) is 1. The summed E-state index contributed by atoms with van der Waals surface area (Å²) in [6, 6.07) is 28.1. The van der Waals surface area contributed by atoms with E-state index in [-0.39, 0.29) is 0 Å². The lowest BCUT2D eigenvalue weighted by Crippen LogP contribution is -2.43. The van der Waals surface area contributed by atoms with Gasteiger partial charge in [0.1, 0.15) is 0 Å². The van der Waals surface area contributed by atoms with Crippen molar-refractivity contribution in [2.75, 3.05) is 31.1 Å². The summed E-state index contributed by atoms with van der Waals surface area (Å²) in [5.74, 6) is 0. The normalized spacial score (nSPS) is 19.8. The molecule has 3 aliphatic rings. The average molecular weight is 513 g/mol. The van der Waals surface area contributed by atoms with E-state index in [1.54, 1.807) is 0 Å². The topological polar surface area (TPSA) is 6.48 Å². The largest absolute Gasteiger partial charge is 0.372 e. The molecule has 0 aromatic heterocycles. The second-order valence-corrected chi connectivity index (χ2v) is 11.9. The number of piperidine rings is 2. The van der Waals surface area contributed by atoms with E-state index in [9.17, 15) is 0 Å². The molecule has 2 saturated heterocycles. The lowest BCUT2D eigenvalue weighted by atomic mass is 9.84. The van der Waals surface area contributed by atoms with Gasteiger partial charge in [-0.05, 0) is 114 Å². The molecule has 0 saturated carbocycles. The van der Waals surface area contributed by atoms with Crippen LogP contribution in [0.4, 0.5) is 5.69 Å². The van der Waals surface area contributed by atoms with Crippen molar-refractivity contribution in [2.45, 2.75) is 57.9 Å². The minimum atomic E-state index is 0.482. The van der Waals surface area contributed by atoms with Crippen molar-refractivity contribution in [3.63, 3.8) is 0 Å². The summed E-state index contributed by atoms with van der Waals surface area (Å²) in [5, 5.41) is 5.62. The van der Waals surface area contributed by atoms with Gasteiger partial charge in [0, 0.05) is 24.8 Å². The second-order valence-electron chi connectivity index (χ2n) is 11.9. The molecule has 4 aromatic rings. The molecule has 39 heavy (non-hydrogen) atoms. The minimum absolute atomic E-state index is 0.482. The Morgan fingerprint density at radius 2 is 1.33 bits per heavy atom. The van der Waals surface area contributed by atoms with Gasteiger partial charge in [-0.2, -0.15) is 0 Å². The summed E-state index contributed by atoms with van der Waals surface area (Å²) in [6.45, 7) is 7.00. The lowest BCUT2D eigenvalue weighted by Gasteiger charge is -2.34. The van der Waals surface area contributed by atoms with Crippen LogP contribution in [0, 0.1) is 6.92 Å². The van der Waals surface area contributed by atoms with Crippen LogP contribution < -0.4 is 15.3 Å². The van der Waals surface area contributed by atoms with Crippen LogP contribution in [0.2, 0.25) is 0 Å². The van der Waals surface area contributed by atoms with Gasteiger partial charge < -0.3 is 4.90 Å². The maximum atomic E-state index is 2.73. The molecule has 1 unspecified atom stereocenters. The smallest absolute Gasteiger partial charge is 0.0372 e. The first-order valence-electron chi connectivity index (χ1n) is 15.2. The summed E-state index contributed by atoms with van der Waals surface area (Å²) in [6.07, 6.45) is 14.3. The fourth-order valence-corrected chi connectivity index (χ4v) is 7.28. The number of aryl methyl sites for hydroxylation is 1. The molecule has 2 fully saturated rings. The maximum Gasteiger partial charge on any atom is 0.0372 e. The van der Waals surface area contributed by atoms with E-state index in [1.807, 2.05) is 0 Å². The molecule has 0 N–H and O–H groups in total. The summed E-state index contributed by atoms with van der Waals surface area (Å²) >= 11 is 0. The number of rotatable bonds is 4. The zero-order valence-electron chi connectivity index (χ0n) is 23.3. The van der Waals surface area contributed by atoms with Crippen molar-refractivity contribution in [1.82, 2.24) is 4.90 Å². The van der Waals surface area contributed by atoms with Crippen molar-refractivity contribution in [3.8, 4) is 22.3 Å². The van der Waals surface area contributed by atoms with Crippen molar-refractivity contribution >= 4 is 28.6 Å². The average Bonchev–Trinajstić information content (AvgIpc) is 3.00. The first-order valence-corrected chi connectivity index (χ1v) is 15.2. The SMILES string of the molecule is Cc1cccc(-c2c3c(c(-c4ccccc4)c4cc(N5CCCCC5)ccc24)=CCC(N2CCCCC2)C=3)c1. The molecule has 2 nitrogen and oxygen atoms in total. The van der Waals surface area contributed by atoms with Crippen molar-refractivity contribution < 1.29 is 0 Å². The van der Waals surface area contributed by atoms with Crippen LogP contribution in [0.3, 0.4) is 0 Å². The van der Waals surface area contributed by atoms with E-state index < -0.39 is 0 Å². The van der Waals surface area contributed by atoms with Crippen molar-refractivity contribution in [3.05, 3.63) is 88.8 Å². The number of anilines is 1. The van der Waals surface area contributed by atoms with Gasteiger partial charge in [0.25, 0.3) is 0 Å². The molecule has 7 rings (SSSR count). The highest BCUT2D eigenvalue weighted by Gasteiger charge is 2.24. The Balaban J connectivity index is 1.55.